The third-order valence-corrected chi connectivity index (χ3v) is 3.26. The predicted octanol–water partition coefficient (Wildman–Crippen LogP) is 3.78. The van der Waals surface area contributed by atoms with Crippen LogP contribution in [0.2, 0.25) is 0 Å². The number of benzene rings is 2. The zero-order valence-electron chi connectivity index (χ0n) is 12.6. The van der Waals surface area contributed by atoms with E-state index in [2.05, 4.69) is 54.5 Å². The Bertz CT molecular complexity index is 751. The molecule has 0 aliphatic carbocycles. The molecule has 21 heavy (non-hydrogen) atoms. The van der Waals surface area contributed by atoms with Crippen molar-refractivity contribution in [2.24, 2.45) is 0 Å². The highest BCUT2D eigenvalue weighted by Crippen LogP contribution is 2.27. The van der Waals surface area contributed by atoms with Crippen LogP contribution in [0.5, 0.6) is 0 Å². The van der Waals surface area contributed by atoms with Crippen LogP contribution in [-0.4, -0.2) is 15.7 Å². The summed E-state index contributed by atoms with van der Waals surface area (Å²) in [7, 11) is 0. The molecule has 0 fully saturated rings. The van der Waals surface area contributed by atoms with Crippen LogP contribution in [0.1, 0.15) is 26.7 Å². The molecular formula is C17H19N3O. The molecule has 108 valence electrons. The SMILES string of the molecule is CC(C)(C)NCc1nnc(-c2cccc3ccccc23)o1. The molecule has 0 unspecified atom stereocenters. The van der Waals surface area contributed by atoms with Gasteiger partial charge in [-0.3, -0.25) is 0 Å². The van der Waals surface area contributed by atoms with Gasteiger partial charge in [0.25, 0.3) is 0 Å². The summed E-state index contributed by atoms with van der Waals surface area (Å²) in [4.78, 5) is 0. The number of aromatic nitrogens is 2. The first-order valence-corrected chi connectivity index (χ1v) is 7.08. The van der Waals surface area contributed by atoms with Gasteiger partial charge in [0, 0.05) is 11.1 Å². The van der Waals surface area contributed by atoms with Gasteiger partial charge in [-0.15, -0.1) is 10.2 Å². The van der Waals surface area contributed by atoms with Crippen LogP contribution < -0.4 is 5.32 Å². The fourth-order valence-corrected chi connectivity index (χ4v) is 2.19. The summed E-state index contributed by atoms with van der Waals surface area (Å²) in [5.41, 5.74) is 0.997. The van der Waals surface area contributed by atoms with Gasteiger partial charge in [-0.05, 0) is 37.6 Å². The summed E-state index contributed by atoms with van der Waals surface area (Å²) < 4.78 is 5.79. The van der Waals surface area contributed by atoms with Crippen LogP contribution >= 0.6 is 0 Å². The lowest BCUT2D eigenvalue weighted by molar-refractivity contribution is 0.383. The molecule has 0 amide bonds. The Labute approximate surface area is 124 Å². The molecular weight excluding hydrogens is 262 g/mol. The molecule has 0 saturated heterocycles. The fourth-order valence-electron chi connectivity index (χ4n) is 2.19. The molecule has 4 heteroatoms. The number of rotatable bonds is 3. The molecule has 3 rings (SSSR count). The largest absolute Gasteiger partial charge is 0.419 e. The van der Waals surface area contributed by atoms with Gasteiger partial charge in [0.15, 0.2) is 0 Å². The minimum absolute atomic E-state index is 0.0219. The molecule has 0 spiro atoms. The van der Waals surface area contributed by atoms with Crippen molar-refractivity contribution >= 4 is 10.8 Å². The topological polar surface area (TPSA) is 51.0 Å². The Morgan fingerprint density at radius 1 is 1.00 bits per heavy atom. The highest BCUT2D eigenvalue weighted by molar-refractivity contribution is 5.94. The van der Waals surface area contributed by atoms with Crippen molar-refractivity contribution in [3.8, 4) is 11.5 Å². The summed E-state index contributed by atoms with van der Waals surface area (Å²) in [5, 5.41) is 13.9. The second-order valence-electron chi connectivity index (χ2n) is 6.13. The third kappa shape index (κ3) is 3.11. The van der Waals surface area contributed by atoms with Gasteiger partial charge < -0.3 is 9.73 Å². The second-order valence-corrected chi connectivity index (χ2v) is 6.13. The highest BCUT2D eigenvalue weighted by atomic mass is 16.4. The van der Waals surface area contributed by atoms with Crippen LogP contribution in [-0.2, 0) is 6.54 Å². The smallest absolute Gasteiger partial charge is 0.248 e. The average Bonchev–Trinajstić information content (AvgIpc) is 2.92. The molecule has 2 aromatic carbocycles. The minimum atomic E-state index is 0.0219. The van der Waals surface area contributed by atoms with E-state index in [0.29, 0.717) is 18.3 Å². The van der Waals surface area contributed by atoms with E-state index in [9.17, 15) is 0 Å². The van der Waals surface area contributed by atoms with E-state index in [0.717, 1.165) is 10.9 Å². The lowest BCUT2D eigenvalue weighted by Gasteiger charge is -2.18. The van der Waals surface area contributed by atoms with E-state index in [1.165, 1.54) is 5.39 Å². The third-order valence-electron chi connectivity index (χ3n) is 3.26. The molecule has 0 saturated carbocycles. The van der Waals surface area contributed by atoms with Gasteiger partial charge in [-0.25, -0.2) is 0 Å². The van der Waals surface area contributed by atoms with Crippen LogP contribution in [0.15, 0.2) is 46.9 Å². The maximum absolute atomic E-state index is 5.79. The summed E-state index contributed by atoms with van der Waals surface area (Å²) >= 11 is 0. The fraction of sp³-hybridized carbons (Fsp3) is 0.294. The van der Waals surface area contributed by atoms with Gasteiger partial charge in [0.05, 0.1) is 6.54 Å². The Morgan fingerprint density at radius 3 is 2.57 bits per heavy atom. The second kappa shape index (κ2) is 5.30. The van der Waals surface area contributed by atoms with Crippen LogP contribution in [0, 0.1) is 0 Å². The summed E-state index contributed by atoms with van der Waals surface area (Å²) in [5.74, 6) is 1.17. The standard InChI is InChI=1S/C17H19N3O/c1-17(2,3)18-11-15-19-20-16(21-15)14-10-6-8-12-7-4-5-9-13(12)14/h4-10,18H,11H2,1-3H3. The Morgan fingerprint density at radius 2 is 1.76 bits per heavy atom. The molecule has 1 N–H and O–H groups in total. The number of fused-ring (bicyclic) bond motifs is 1. The van der Waals surface area contributed by atoms with Gasteiger partial charge in [-0.1, -0.05) is 36.4 Å². The maximum Gasteiger partial charge on any atom is 0.248 e. The Hall–Kier alpha value is -2.20. The Kier molecular flexibility index (Phi) is 3.47. The van der Waals surface area contributed by atoms with Crippen LogP contribution in [0.4, 0.5) is 0 Å². The van der Waals surface area contributed by atoms with E-state index >= 15 is 0 Å². The zero-order valence-corrected chi connectivity index (χ0v) is 12.6. The maximum atomic E-state index is 5.79. The first-order valence-electron chi connectivity index (χ1n) is 7.08. The number of nitrogens with one attached hydrogen (secondary N) is 1. The summed E-state index contributed by atoms with van der Waals surface area (Å²) in [6.07, 6.45) is 0. The van der Waals surface area contributed by atoms with Crippen molar-refractivity contribution in [2.75, 3.05) is 0 Å². The van der Waals surface area contributed by atoms with Crippen LogP contribution in [0.3, 0.4) is 0 Å². The normalized spacial score (nSPS) is 12.0. The number of hydrogen-bond acceptors (Lipinski definition) is 4. The molecule has 4 nitrogen and oxygen atoms in total. The van der Waals surface area contributed by atoms with Crippen molar-refractivity contribution in [3.63, 3.8) is 0 Å². The van der Waals surface area contributed by atoms with Gasteiger partial charge >= 0.3 is 0 Å². The van der Waals surface area contributed by atoms with E-state index in [4.69, 9.17) is 4.42 Å². The molecule has 1 heterocycles. The molecule has 3 aromatic rings. The monoisotopic (exact) mass is 281 g/mol. The molecule has 0 aliphatic rings. The number of nitrogens with zero attached hydrogens (tertiary/aromatic N) is 2. The Balaban J connectivity index is 1.92. The van der Waals surface area contributed by atoms with Gasteiger partial charge in [0.1, 0.15) is 0 Å². The lowest BCUT2D eigenvalue weighted by atomic mass is 10.0. The molecule has 0 atom stereocenters. The molecule has 0 radical (unpaired) electrons. The van der Waals surface area contributed by atoms with Crippen molar-refractivity contribution in [1.82, 2.24) is 15.5 Å². The van der Waals surface area contributed by atoms with E-state index < -0.39 is 0 Å². The van der Waals surface area contributed by atoms with Gasteiger partial charge in [0.2, 0.25) is 11.8 Å². The minimum Gasteiger partial charge on any atom is -0.419 e. The lowest BCUT2D eigenvalue weighted by Crippen LogP contribution is -2.35. The summed E-state index contributed by atoms with van der Waals surface area (Å²) in [6.45, 7) is 6.89. The van der Waals surface area contributed by atoms with Crippen molar-refractivity contribution in [1.29, 1.82) is 0 Å². The van der Waals surface area contributed by atoms with Gasteiger partial charge in [-0.2, -0.15) is 0 Å². The highest BCUT2D eigenvalue weighted by Gasteiger charge is 2.14. The first kappa shape index (κ1) is 13.8. The molecule has 1 aromatic heterocycles. The quantitative estimate of drug-likeness (QED) is 0.793. The van der Waals surface area contributed by atoms with Crippen molar-refractivity contribution in [3.05, 3.63) is 48.4 Å². The van der Waals surface area contributed by atoms with Crippen LogP contribution in [0.25, 0.3) is 22.2 Å². The van der Waals surface area contributed by atoms with Crippen molar-refractivity contribution < 1.29 is 4.42 Å². The van der Waals surface area contributed by atoms with Crippen molar-refractivity contribution in [2.45, 2.75) is 32.9 Å². The average molecular weight is 281 g/mol. The zero-order chi connectivity index (χ0) is 14.9. The molecule has 0 aliphatic heterocycles. The first-order chi connectivity index (χ1) is 10.0. The van der Waals surface area contributed by atoms with E-state index in [1.807, 2.05) is 24.3 Å². The van der Waals surface area contributed by atoms with E-state index in [-0.39, 0.29) is 5.54 Å². The number of hydrogen-bond donors (Lipinski definition) is 1. The molecule has 0 bridgehead atoms. The van der Waals surface area contributed by atoms with E-state index in [1.54, 1.807) is 0 Å². The predicted molar refractivity (Wildman–Crippen MR) is 83.8 cm³/mol. The summed E-state index contributed by atoms with van der Waals surface area (Å²) in [6, 6.07) is 14.3.